The number of aromatic nitrogens is 1. The summed E-state index contributed by atoms with van der Waals surface area (Å²) in [6.07, 6.45) is 1.05. The molecule has 1 unspecified atom stereocenters. The lowest BCUT2D eigenvalue weighted by molar-refractivity contribution is -0.150. The Morgan fingerprint density at radius 3 is 2.52 bits per heavy atom. The molecule has 0 saturated heterocycles. The standard InChI is InChI=1S/C22H22ClNO5/c1-3-26-22(25)15(2)28-17-8-10-18(11-9-17)29-20-12-13-24-21(20)27-14-16-6-4-5-7-19(16)23/h4-13,15,24H,3,14H2,1-2H3. The molecule has 0 bridgehead atoms. The molecular formula is C22H22ClNO5. The van der Waals surface area contributed by atoms with Crippen LogP contribution in [0.15, 0.2) is 60.8 Å². The Morgan fingerprint density at radius 2 is 1.79 bits per heavy atom. The van der Waals surface area contributed by atoms with E-state index < -0.39 is 12.1 Å². The van der Waals surface area contributed by atoms with Crippen LogP contribution in [-0.4, -0.2) is 23.7 Å². The predicted molar refractivity (Wildman–Crippen MR) is 110 cm³/mol. The van der Waals surface area contributed by atoms with Crippen LogP contribution in [0.5, 0.6) is 23.1 Å². The van der Waals surface area contributed by atoms with Crippen LogP contribution in [0.3, 0.4) is 0 Å². The van der Waals surface area contributed by atoms with Crippen LogP contribution in [-0.2, 0) is 16.1 Å². The Kier molecular flexibility index (Phi) is 7.03. The van der Waals surface area contributed by atoms with E-state index in [1.54, 1.807) is 50.4 Å². The summed E-state index contributed by atoms with van der Waals surface area (Å²) in [6, 6.07) is 16.2. The Balaban J connectivity index is 1.59. The average molecular weight is 416 g/mol. The number of aromatic amines is 1. The topological polar surface area (TPSA) is 69.8 Å². The molecule has 0 aliphatic carbocycles. The minimum atomic E-state index is -0.684. The van der Waals surface area contributed by atoms with E-state index in [-0.39, 0.29) is 0 Å². The van der Waals surface area contributed by atoms with E-state index >= 15 is 0 Å². The Bertz CT molecular complexity index is 938. The second-order valence-electron chi connectivity index (χ2n) is 6.14. The van der Waals surface area contributed by atoms with Crippen molar-refractivity contribution in [3.05, 3.63) is 71.4 Å². The van der Waals surface area contributed by atoms with Gasteiger partial charge in [0.05, 0.1) is 6.61 Å². The number of esters is 1. The molecule has 1 aromatic heterocycles. The fourth-order valence-electron chi connectivity index (χ4n) is 2.52. The summed E-state index contributed by atoms with van der Waals surface area (Å²) in [7, 11) is 0. The third kappa shape index (κ3) is 5.68. The third-order valence-electron chi connectivity index (χ3n) is 3.99. The number of ether oxygens (including phenoxy) is 4. The van der Waals surface area contributed by atoms with E-state index in [1.165, 1.54) is 0 Å². The van der Waals surface area contributed by atoms with E-state index in [0.29, 0.717) is 41.4 Å². The number of carbonyl (C=O) groups excluding carboxylic acids is 1. The predicted octanol–water partition coefficient (Wildman–Crippen LogP) is 5.37. The highest BCUT2D eigenvalue weighted by molar-refractivity contribution is 6.31. The minimum absolute atomic E-state index is 0.315. The van der Waals surface area contributed by atoms with Gasteiger partial charge in [-0.2, -0.15) is 0 Å². The summed E-state index contributed by atoms with van der Waals surface area (Å²) >= 11 is 6.16. The molecule has 2 aromatic carbocycles. The SMILES string of the molecule is CCOC(=O)C(C)Oc1ccc(Oc2cc[nH]c2OCc2ccccc2Cl)cc1. The molecular weight excluding hydrogens is 394 g/mol. The van der Waals surface area contributed by atoms with Gasteiger partial charge in [-0.05, 0) is 44.2 Å². The van der Waals surface area contributed by atoms with Crippen molar-refractivity contribution in [2.24, 2.45) is 0 Å². The van der Waals surface area contributed by atoms with Gasteiger partial charge in [-0.15, -0.1) is 0 Å². The quantitative estimate of drug-likeness (QED) is 0.476. The first-order valence-corrected chi connectivity index (χ1v) is 9.59. The van der Waals surface area contributed by atoms with Gasteiger partial charge in [0.1, 0.15) is 18.1 Å². The van der Waals surface area contributed by atoms with Crippen LogP contribution >= 0.6 is 11.6 Å². The molecule has 1 N–H and O–H groups in total. The van der Waals surface area contributed by atoms with Crippen molar-refractivity contribution in [2.45, 2.75) is 26.6 Å². The van der Waals surface area contributed by atoms with Gasteiger partial charge in [-0.3, -0.25) is 0 Å². The molecule has 152 valence electrons. The summed E-state index contributed by atoms with van der Waals surface area (Å²) in [5.41, 5.74) is 0.881. The number of hydrogen-bond donors (Lipinski definition) is 1. The van der Waals surface area contributed by atoms with Gasteiger partial charge in [-0.1, -0.05) is 29.8 Å². The van der Waals surface area contributed by atoms with Crippen molar-refractivity contribution < 1.29 is 23.7 Å². The van der Waals surface area contributed by atoms with Crippen molar-refractivity contribution >= 4 is 17.6 Å². The number of H-pyrrole nitrogens is 1. The summed E-state index contributed by atoms with van der Waals surface area (Å²) in [5, 5.41) is 0.647. The van der Waals surface area contributed by atoms with Gasteiger partial charge >= 0.3 is 5.97 Å². The zero-order valence-corrected chi connectivity index (χ0v) is 16.9. The molecule has 0 aliphatic rings. The number of rotatable bonds is 9. The first-order chi connectivity index (χ1) is 14.1. The number of halogens is 1. The third-order valence-corrected chi connectivity index (χ3v) is 4.35. The van der Waals surface area contributed by atoms with Gasteiger partial charge in [0.25, 0.3) is 0 Å². The lowest BCUT2D eigenvalue weighted by Crippen LogP contribution is -2.25. The molecule has 6 nitrogen and oxygen atoms in total. The van der Waals surface area contributed by atoms with Crippen molar-refractivity contribution in [2.75, 3.05) is 6.61 Å². The molecule has 29 heavy (non-hydrogen) atoms. The Morgan fingerprint density at radius 1 is 1.07 bits per heavy atom. The van der Waals surface area contributed by atoms with Crippen LogP contribution in [0.1, 0.15) is 19.4 Å². The van der Waals surface area contributed by atoms with Gasteiger partial charge in [-0.25, -0.2) is 4.79 Å². The largest absolute Gasteiger partial charge is 0.479 e. The summed E-state index contributed by atoms with van der Waals surface area (Å²) in [5.74, 6) is 1.79. The van der Waals surface area contributed by atoms with E-state index in [2.05, 4.69) is 4.98 Å². The van der Waals surface area contributed by atoms with E-state index in [9.17, 15) is 4.79 Å². The molecule has 0 amide bonds. The smallest absolute Gasteiger partial charge is 0.347 e. The molecule has 7 heteroatoms. The molecule has 0 fully saturated rings. The average Bonchev–Trinajstić information content (AvgIpc) is 3.16. The maximum atomic E-state index is 11.7. The van der Waals surface area contributed by atoms with E-state index in [4.69, 9.17) is 30.5 Å². The summed E-state index contributed by atoms with van der Waals surface area (Å²) < 4.78 is 22.2. The number of nitrogens with one attached hydrogen (secondary N) is 1. The first-order valence-electron chi connectivity index (χ1n) is 9.21. The number of carbonyl (C=O) groups is 1. The van der Waals surface area contributed by atoms with Gasteiger partial charge in [0.15, 0.2) is 11.9 Å². The summed E-state index contributed by atoms with van der Waals surface area (Å²) in [6.45, 7) is 4.03. The first kappa shape index (κ1) is 20.6. The molecule has 0 radical (unpaired) electrons. The van der Waals surface area contributed by atoms with Crippen LogP contribution < -0.4 is 14.2 Å². The maximum Gasteiger partial charge on any atom is 0.347 e. The zero-order chi connectivity index (χ0) is 20.6. The van der Waals surface area contributed by atoms with Gasteiger partial charge in [0, 0.05) is 22.8 Å². The number of hydrogen-bond acceptors (Lipinski definition) is 5. The van der Waals surface area contributed by atoms with E-state index in [0.717, 1.165) is 5.56 Å². The number of benzene rings is 2. The minimum Gasteiger partial charge on any atom is -0.479 e. The normalized spacial score (nSPS) is 11.6. The molecule has 3 aromatic rings. The fourth-order valence-corrected chi connectivity index (χ4v) is 2.71. The maximum absolute atomic E-state index is 11.7. The van der Waals surface area contributed by atoms with Gasteiger partial charge in [0.2, 0.25) is 5.88 Å². The lowest BCUT2D eigenvalue weighted by Gasteiger charge is -2.14. The second kappa shape index (κ2) is 9.89. The fraction of sp³-hybridized carbons (Fsp3) is 0.227. The van der Waals surface area contributed by atoms with E-state index in [1.807, 2.05) is 24.3 Å². The van der Waals surface area contributed by atoms with Crippen LogP contribution in [0.25, 0.3) is 0 Å². The van der Waals surface area contributed by atoms with Crippen molar-refractivity contribution in [3.63, 3.8) is 0 Å². The zero-order valence-electron chi connectivity index (χ0n) is 16.2. The highest BCUT2D eigenvalue weighted by atomic mass is 35.5. The van der Waals surface area contributed by atoms with Crippen LogP contribution in [0.4, 0.5) is 0 Å². The lowest BCUT2D eigenvalue weighted by atomic mass is 10.2. The van der Waals surface area contributed by atoms with Crippen LogP contribution in [0.2, 0.25) is 5.02 Å². The molecule has 0 saturated carbocycles. The molecule has 0 spiro atoms. The highest BCUT2D eigenvalue weighted by Crippen LogP contribution is 2.32. The Hall–Kier alpha value is -3.12. The Labute approximate surface area is 174 Å². The highest BCUT2D eigenvalue weighted by Gasteiger charge is 2.16. The monoisotopic (exact) mass is 415 g/mol. The molecule has 3 rings (SSSR count). The van der Waals surface area contributed by atoms with Crippen molar-refractivity contribution in [3.8, 4) is 23.1 Å². The van der Waals surface area contributed by atoms with Crippen LogP contribution in [0, 0.1) is 0 Å². The molecule has 1 heterocycles. The molecule has 0 aliphatic heterocycles. The van der Waals surface area contributed by atoms with Crippen molar-refractivity contribution in [1.29, 1.82) is 0 Å². The second-order valence-corrected chi connectivity index (χ2v) is 6.54. The van der Waals surface area contributed by atoms with Gasteiger partial charge < -0.3 is 23.9 Å². The summed E-state index contributed by atoms with van der Waals surface area (Å²) in [4.78, 5) is 14.7. The molecule has 1 atom stereocenters. The van der Waals surface area contributed by atoms with Crippen molar-refractivity contribution in [1.82, 2.24) is 4.98 Å².